The van der Waals surface area contributed by atoms with Gasteiger partial charge in [0.25, 0.3) is 0 Å². The number of likely N-dealkylation sites (tertiary alicyclic amines) is 1. The maximum Gasteiger partial charge on any atom is 0.191 e. The van der Waals surface area contributed by atoms with Gasteiger partial charge in [0.2, 0.25) is 0 Å². The van der Waals surface area contributed by atoms with E-state index in [0.29, 0.717) is 24.4 Å². The molecule has 2 saturated heterocycles. The zero-order valence-electron chi connectivity index (χ0n) is 16.4. The van der Waals surface area contributed by atoms with Crippen molar-refractivity contribution in [2.45, 2.75) is 45.3 Å². The van der Waals surface area contributed by atoms with Crippen molar-refractivity contribution in [3.63, 3.8) is 0 Å². The highest BCUT2D eigenvalue weighted by Gasteiger charge is 2.30. The van der Waals surface area contributed by atoms with Crippen LogP contribution in [0.1, 0.15) is 32.3 Å². The van der Waals surface area contributed by atoms with E-state index in [-0.39, 0.29) is 11.7 Å². The van der Waals surface area contributed by atoms with Gasteiger partial charge in [-0.2, -0.15) is 0 Å². The van der Waals surface area contributed by atoms with Crippen molar-refractivity contribution in [1.29, 1.82) is 0 Å². The van der Waals surface area contributed by atoms with Gasteiger partial charge in [-0.1, -0.05) is 30.3 Å². The molecule has 3 unspecified atom stereocenters. The lowest BCUT2D eigenvalue weighted by atomic mass is 10.1. The van der Waals surface area contributed by atoms with Gasteiger partial charge < -0.3 is 10.6 Å². The molecule has 2 N–H and O–H groups in total. The Morgan fingerprint density at radius 2 is 2.07 bits per heavy atom. The van der Waals surface area contributed by atoms with Crippen molar-refractivity contribution >= 4 is 15.8 Å². The van der Waals surface area contributed by atoms with E-state index in [4.69, 9.17) is 0 Å². The zero-order valence-corrected chi connectivity index (χ0v) is 17.2. The van der Waals surface area contributed by atoms with Crippen molar-refractivity contribution in [2.24, 2.45) is 10.9 Å². The van der Waals surface area contributed by atoms with Gasteiger partial charge in [0.1, 0.15) is 0 Å². The number of guanidine groups is 1. The summed E-state index contributed by atoms with van der Waals surface area (Å²) in [6, 6.07) is 11.5. The number of nitrogens with zero attached hydrogens (tertiary/aromatic N) is 2. The third-order valence-electron chi connectivity index (χ3n) is 5.45. The minimum atomic E-state index is -2.84. The molecule has 150 valence electrons. The molecule has 6 nitrogen and oxygen atoms in total. The lowest BCUT2D eigenvalue weighted by Gasteiger charge is -2.21. The lowest BCUT2D eigenvalue weighted by molar-refractivity contribution is 0.258. The summed E-state index contributed by atoms with van der Waals surface area (Å²) in [4.78, 5) is 7.17. The number of rotatable bonds is 6. The molecule has 0 aliphatic carbocycles. The molecular weight excluding hydrogens is 360 g/mol. The molecule has 0 aromatic heterocycles. The van der Waals surface area contributed by atoms with Gasteiger partial charge in [0.15, 0.2) is 15.8 Å². The Morgan fingerprint density at radius 3 is 2.74 bits per heavy atom. The number of hydrogen-bond acceptors (Lipinski definition) is 4. The quantitative estimate of drug-likeness (QED) is 0.569. The second-order valence-corrected chi connectivity index (χ2v) is 10.1. The minimum absolute atomic E-state index is 0.155. The van der Waals surface area contributed by atoms with Gasteiger partial charge in [-0.15, -0.1) is 0 Å². The normalized spacial score (nSPS) is 28.4. The molecule has 2 aliphatic rings. The average molecular weight is 393 g/mol. The fourth-order valence-electron chi connectivity index (χ4n) is 3.99. The van der Waals surface area contributed by atoms with Crippen molar-refractivity contribution < 1.29 is 8.42 Å². The molecule has 27 heavy (non-hydrogen) atoms. The second kappa shape index (κ2) is 9.06. The van der Waals surface area contributed by atoms with Gasteiger partial charge in [-0.3, -0.25) is 9.89 Å². The largest absolute Gasteiger partial charge is 0.357 e. The highest BCUT2D eigenvalue weighted by atomic mass is 32.2. The molecule has 2 aliphatic heterocycles. The third kappa shape index (κ3) is 5.94. The molecule has 1 aromatic carbocycles. The lowest BCUT2D eigenvalue weighted by Crippen LogP contribution is -2.44. The summed E-state index contributed by atoms with van der Waals surface area (Å²) in [5.41, 5.74) is 1.34. The van der Waals surface area contributed by atoms with Crippen LogP contribution < -0.4 is 10.6 Å². The van der Waals surface area contributed by atoms with Crippen molar-refractivity contribution in [2.75, 3.05) is 31.1 Å². The summed E-state index contributed by atoms with van der Waals surface area (Å²) in [6.07, 6.45) is 1.81. The first-order valence-electron chi connectivity index (χ1n) is 9.98. The van der Waals surface area contributed by atoms with E-state index in [2.05, 4.69) is 64.7 Å². The van der Waals surface area contributed by atoms with E-state index in [0.717, 1.165) is 38.4 Å². The third-order valence-corrected chi connectivity index (χ3v) is 7.29. The molecule has 3 atom stereocenters. The fraction of sp³-hybridized carbons (Fsp3) is 0.650. The highest BCUT2D eigenvalue weighted by Crippen LogP contribution is 2.21. The Labute approximate surface area is 163 Å². The van der Waals surface area contributed by atoms with Crippen LogP contribution in [0.3, 0.4) is 0 Å². The first-order chi connectivity index (χ1) is 12.9. The summed E-state index contributed by atoms with van der Waals surface area (Å²) in [6.45, 7) is 7.65. The van der Waals surface area contributed by atoms with Crippen molar-refractivity contribution in [3.05, 3.63) is 35.9 Å². The Bertz CT molecular complexity index is 736. The van der Waals surface area contributed by atoms with E-state index in [9.17, 15) is 8.42 Å². The molecule has 0 amide bonds. The van der Waals surface area contributed by atoms with Crippen molar-refractivity contribution in [3.8, 4) is 0 Å². The van der Waals surface area contributed by atoms with Gasteiger partial charge in [-0.05, 0) is 38.2 Å². The van der Waals surface area contributed by atoms with Gasteiger partial charge in [-0.25, -0.2) is 8.42 Å². The van der Waals surface area contributed by atoms with E-state index in [1.165, 1.54) is 5.56 Å². The minimum Gasteiger partial charge on any atom is -0.357 e. The van der Waals surface area contributed by atoms with Gasteiger partial charge in [0.05, 0.1) is 11.5 Å². The number of aliphatic imine (C=N–C) groups is 1. The number of nitrogens with one attached hydrogen (secondary N) is 2. The maximum atomic E-state index is 11.6. The van der Waals surface area contributed by atoms with Crippen LogP contribution in [-0.2, 0) is 16.4 Å². The summed E-state index contributed by atoms with van der Waals surface area (Å²) in [5, 5.41) is 6.86. The van der Waals surface area contributed by atoms with Crippen LogP contribution in [0.25, 0.3) is 0 Å². The van der Waals surface area contributed by atoms with Crippen LogP contribution in [0, 0.1) is 5.92 Å². The van der Waals surface area contributed by atoms with Crippen LogP contribution >= 0.6 is 0 Å². The SMILES string of the molecule is CCNC(=NCC1CCS(=O)(=O)C1)NC1CC(C)N(Cc2ccccc2)C1. The zero-order chi connectivity index (χ0) is 19.3. The first kappa shape index (κ1) is 20.1. The number of sulfone groups is 1. The molecule has 0 radical (unpaired) electrons. The molecule has 0 bridgehead atoms. The van der Waals surface area contributed by atoms with Crippen LogP contribution in [0.4, 0.5) is 0 Å². The monoisotopic (exact) mass is 392 g/mol. The van der Waals surface area contributed by atoms with E-state index < -0.39 is 9.84 Å². The van der Waals surface area contributed by atoms with Crippen LogP contribution in [-0.4, -0.2) is 62.5 Å². The van der Waals surface area contributed by atoms with E-state index in [1.807, 2.05) is 0 Å². The second-order valence-electron chi connectivity index (χ2n) is 7.83. The molecule has 1 aromatic rings. The molecule has 3 rings (SSSR count). The van der Waals surface area contributed by atoms with Crippen molar-refractivity contribution in [1.82, 2.24) is 15.5 Å². The predicted octanol–water partition coefficient (Wildman–Crippen LogP) is 1.64. The Morgan fingerprint density at radius 1 is 1.30 bits per heavy atom. The van der Waals surface area contributed by atoms with Crippen LogP contribution in [0.2, 0.25) is 0 Å². The maximum absolute atomic E-state index is 11.6. The fourth-order valence-corrected chi connectivity index (χ4v) is 5.84. The average Bonchev–Trinajstić information content (AvgIpc) is 3.15. The summed E-state index contributed by atoms with van der Waals surface area (Å²) < 4.78 is 23.3. The standard InChI is InChI=1S/C20H32N4O2S/c1-3-21-20(22-12-18-9-10-27(25,26)15-18)23-19-11-16(2)24(14-19)13-17-7-5-4-6-8-17/h4-8,16,18-19H,3,9-15H2,1-2H3,(H2,21,22,23). The summed E-state index contributed by atoms with van der Waals surface area (Å²) in [7, 11) is -2.84. The Kier molecular flexibility index (Phi) is 6.76. The molecule has 2 fully saturated rings. The first-order valence-corrected chi connectivity index (χ1v) is 11.8. The van der Waals surface area contributed by atoms with Crippen LogP contribution in [0.5, 0.6) is 0 Å². The highest BCUT2D eigenvalue weighted by molar-refractivity contribution is 7.91. The number of benzene rings is 1. The molecule has 0 saturated carbocycles. The summed E-state index contributed by atoms with van der Waals surface area (Å²) >= 11 is 0. The van der Waals surface area contributed by atoms with Crippen LogP contribution in [0.15, 0.2) is 35.3 Å². The molecule has 7 heteroatoms. The molecular formula is C20H32N4O2S. The molecule has 0 spiro atoms. The molecule has 2 heterocycles. The van der Waals surface area contributed by atoms with Gasteiger partial charge in [0, 0.05) is 38.3 Å². The Balaban J connectivity index is 1.54. The number of hydrogen-bond donors (Lipinski definition) is 2. The smallest absolute Gasteiger partial charge is 0.191 e. The Hall–Kier alpha value is -1.60. The topological polar surface area (TPSA) is 73.8 Å². The van der Waals surface area contributed by atoms with Gasteiger partial charge >= 0.3 is 0 Å². The van der Waals surface area contributed by atoms with E-state index >= 15 is 0 Å². The van der Waals surface area contributed by atoms with E-state index in [1.54, 1.807) is 0 Å². The summed E-state index contributed by atoms with van der Waals surface area (Å²) in [5.74, 6) is 1.55. The predicted molar refractivity (Wildman–Crippen MR) is 111 cm³/mol.